The van der Waals surface area contributed by atoms with Crippen LogP contribution in [0.4, 0.5) is 4.79 Å². The van der Waals surface area contributed by atoms with E-state index in [1.807, 2.05) is 44.3 Å². The number of hydrogen-bond acceptors (Lipinski definition) is 3. The molecule has 1 aliphatic carbocycles. The van der Waals surface area contributed by atoms with Gasteiger partial charge in [-0.25, -0.2) is 4.79 Å². The van der Waals surface area contributed by atoms with E-state index < -0.39 is 0 Å². The predicted molar refractivity (Wildman–Crippen MR) is 95.3 cm³/mol. The van der Waals surface area contributed by atoms with Crippen LogP contribution in [0, 0.1) is 6.92 Å². The Labute approximate surface area is 146 Å². The number of hydrogen-bond donors (Lipinski definition) is 3. The van der Waals surface area contributed by atoms with Crippen molar-refractivity contribution in [2.45, 2.75) is 45.2 Å². The van der Waals surface area contributed by atoms with Crippen molar-refractivity contribution in [1.29, 1.82) is 0 Å². The van der Waals surface area contributed by atoms with E-state index in [0.29, 0.717) is 0 Å². The quantitative estimate of drug-likeness (QED) is 0.677. The van der Waals surface area contributed by atoms with Gasteiger partial charge in [0.15, 0.2) is 0 Å². The van der Waals surface area contributed by atoms with Gasteiger partial charge in [0.2, 0.25) is 0 Å². The molecule has 6 heteroatoms. The third-order valence-electron chi connectivity index (χ3n) is 4.97. The van der Waals surface area contributed by atoms with Crippen LogP contribution in [0.25, 0.3) is 11.0 Å². The lowest BCUT2D eigenvalue weighted by Crippen LogP contribution is -2.40. The highest BCUT2D eigenvalue weighted by Gasteiger charge is 2.25. The summed E-state index contributed by atoms with van der Waals surface area (Å²) in [5, 5.41) is 14.2. The van der Waals surface area contributed by atoms with Gasteiger partial charge < -0.3 is 15.1 Å². The molecule has 2 unspecified atom stereocenters. The number of fused-ring (bicyclic) bond motifs is 2. The van der Waals surface area contributed by atoms with Crippen LogP contribution in [0.5, 0.6) is 0 Å². The Morgan fingerprint density at radius 3 is 3.08 bits per heavy atom. The summed E-state index contributed by atoms with van der Waals surface area (Å²) in [7, 11) is 0. The number of aromatic amines is 1. The maximum Gasteiger partial charge on any atom is 0.315 e. The number of nitrogens with zero attached hydrogens (tertiary/aromatic N) is 1. The standard InChI is InChI=1S/C19H22N4O2/c1-11-14-7-3-4-9-16(14)25-18(11)12(2)21-19(24)22-15-8-5-6-13-10-20-23-17(13)15/h3-4,7,9-10,12,15H,5-6,8H2,1-2H3,(H,20,23)(H2,21,22,24). The van der Waals surface area contributed by atoms with Crippen molar-refractivity contribution in [1.82, 2.24) is 20.8 Å². The fourth-order valence-electron chi connectivity index (χ4n) is 3.68. The van der Waals surface area contributed by atoms with E-state index in [9.17, 15) is 4.79 Å². The molecule has 2 heterocycles. The molecular formula is C19H22N4O2. The highest BCUT2D eigenvalue weighted by atomic mass is 16.3. The van der Waals surface area contributed by atoms with Gasteiger partial charge in [0.05, 0.1) is 24.0 Å². The molecule has 3 N–H and O–H groups in total. The summed E-state index contributed by atoms with van der Waals surface area (Å²) in [4.78, 5) is 12.5. The van der Waals surface area contributed by atoms with Crippen LogP contribution in [0.1, 0.15) is 54.4 Å². The smallest absolute Gasteiger partial charge is 0.315 e. The van der Waals surface area contributed by atoms with Gasteiger partial charge in [0.25, 0.3) is 0 Å². The van der Waals surface area contributed by atoms with Crippen LogP contribution in [-0.2, 0) is 6.42 Å². The summed E-state index contributed by atoms with van der Waals surface area (Å²) in [5.41, 5.74) is 4.13. The van der Waals surface area contributed by atoms with Gasteiger partial charge in [-0.1, -0.05) is 18.2 Å². The van der Waals surface area contributed by atoms with Gasteiger partial charge >= 0.3 is 6.03 Å². The van der Waals surface area contributed by atoms with Gasteiger partial charge in [-0.3, -0.25) is 5.10 Å². The number of carbonyl (C=O) groups excluding carboxylic acids is 1. The van der Waals surface area contributed by atoms with E-state index in [1.54, 1.807) is 0 Å². The molecule has 0 spiro atoms. The average molecular weight is 338 g/mol. The van der Waals surface area contributed by atoms with Crippen LogP contribution in [-0.4, -0.2) is 16.2 Å². The van der Waals surface area contributed by atoms with Gasteiger partial charge in [-0.05, 0) is 44.7 Å². The molecule has 2 aromatic heterocycles. The van der Waals surface area contributed by atoms with Gasteiger partial charge in [0.1, 0.15) is 11.3 Å². The van der Waals surface area contributed by atoms with Crippen molar-refractivity contribution >= 4 is 17.0 Å². The Morgan fingerprint density at radius 1 is 1.40 bits per heavy atom. The molecule has 0 fully saturated rings. The minimum Gasteiger partial charge on any atom is -0.459 e. The summed E-state index contributed by atoms with van der Waals surface area (Å²) < 4.78 is 5.94. The Bertz CT molecular complexity index is 911. The van der Waals surface area contributed by atoms with Crippen molar-refractivity contribution in [2.75, 3.05) is 0 Å². The maximum absolute atomic E-state index is 12.5. The summed E-state index contributed by atoms with van der Waals surface area (Å²) >= 11 is 0. The number of carbonyl (C=O) groups is 1. The molecule has 4 rings (SSSR count). The lowest BCUT2D eigenvalue weighted by Gasteiger charge is -2.24. The van der Waals surface area contributed by atoms with Crippen molar-refractivity contribution < 1.29 is 9.21 Å². The van der Waals surface area contributed by atoms with Crippen molar-refractivity contribution in [3.63, 3.8) is 0 Å². The molecular weight excluding hydrogens is 316 g/mol. The second-order valence-corrected chi connectivity index (χ2v) is 6.68. The van der Waals surface area contributed by atoms with Gasteiger partial charge in [-0.15, -0.1) is 0 Å². The summed E-state index contributed by atoms with van der Waals surface area (Å²) in [6.07, 6.45) is 4.83. The van der Waals surface area contributed by atoms with Crippen LogP contribution >= 0.6 is 0 Å². The first kappa shape index (κ1) is 15.7. The highest BCUT2D eigenvalue weighted by molar-refractivity contribution is 5.82. The molecule has 3 aromatic rings. The van der Waals surface area contributed by atoms with Crippen LogP contribution in [0.2, 0.25) is 0 Å². The molecule has 0 saturated heterocycles. The highest BCUT2D eigenvalue weighted by Crippen LogP contribution is 2.30. The third-order valence-corrected chi connectivity index (χ3v) is 4.97. The molecule has 1 aromatic carbocycles. The molecule has 25 heavy (non-hydrogen) atoms. The number of para-hydroxylation sites is 1. The van der Waals surface area contributed by atoms with Gasteiger partial charge in [-0.2, -0.15) is 5.10 Å². The SMILES string of the molecule is Cc1c(C(C)NC(=O)NC2CCCc3cn[nH]c32)oc2ccccc12. The van der Waals surface area contributed by atoms with Gasteiger partial charge in [0, 0.05) is 10.9 Å². The minimum atomic E-state index is -0.211. The Balaban J connectivity index is 1.47. The first-order valence-corrected chi connectivity index (χ1v) is 8.70. The number of aryl methyl sites for hydroxylation is 2. The average Bonchev–Trinajstić information content (AvgIpc) is 3.21. The normalized spacial score (nSPS) is 17.9. The Morgan fingerprint density at radius 2 is 2.24 bits per heavy atom. The molecule has 130 valence electrons. The van der Waals surface area contributed by atoms with Crippen molar-refractivity contribution in [3.05, 3.63) is 53.0 Å². The second kappa shape index (κ2) is 6.27. The number of furan rings is 1. The molecule has 6 nitrogen and oxygen atoms in total. The van der Waals surface area contributed by atoms with Crippen LogP contribution < -0.4 is 10.6 Å². The molecule has 2 atom stereocenters. The molecule has 0 aliphatic heterocycles. The monoisotopic (exact) mass is 338 g/mol. The van der Waals surface area contributed by atoms with E-state index in [1.165, 1.54) is 5.56 Å². The predicted octanol–water partition coefficient (Wildman–Crippen LogP) is 3.90. The Kier molecular flexibility index (Phi) is 3.95. The van der Waals surface area contributed by atoms with Crippen molar-refractivity contribution in [2.24, 2.45) is 0 Å². The zero-order valence-electron chi connectivity index (χ0n) is 14.4. The number of H-pyrrole nitrogens is 1. The topological polar surface area (TPSA) is 83.0 Å². The number of nitrogens with one attached hydrogen (secondary N) is 3. The number of rotatable bonds is 3. The van der Waals surface area contributed by atoms with E-state index in [4.69, 9.17) is 4.42 Å². The molecule has 1 aliphatic rings. The summed E-state index contributed by atoms with van der Waals surface area (Å²) in [6.45, 7) is 3.96. The number of amides is 2. The molecule has 0 radical (unpaired) electrons. The first-order chi connectivity index (χ1) is 12.1. The number of urea groups is 1. The fourth-order valence-corrected chi connectivity index (χ4v) is 3.68. The first-order valence-electron chi connectivity index (χ1n) is 8.70. The molecule has 0 bridgehead atoms. The number of benzene rings is 1. The Hall–Kier alpha value is -2.76. The zero-order chi connectivity index (χ0) is 17.4. The number of aromatic nitrogens is 2. The lowest BCUT2D eigenvalue weighted by atomic mass is 9.94. The second-order valence-electron chi connectivity index (χ2n) is 6.68. The third kappa shape index (κ3) is 2.88. The van der Waals surface area contributed by atoms with Crippen LogP contribution in [0.15, 0.2) is 34.9 Å². The molecule has 0 saturated carbocycles. The summed E-state index contributed by atoms with van der Waals surface area (Å²) in [6, 6.07) is 7.49. The van der Waals surface area contributed by atoms with E-state index in [2.05, 4.69) is 20.8 Å². The summed E-state index contributed by atoms with van der Waals surface area (Å²) in [5.74, 6) is 0.794. The van der Waals surface area contributed by atoms with Crippen molar-refractivity contribution in [3.8, 4) is 0 Å². The van der Waals surface area contributed by atoms with E-state index in [-0.39, 0.29) is 18.1 Å². The fraction of sp³-hybridized carbons (Fsp3) is 0.368. The largest absolute Gasteiger partial charge is 0.459 e. The van der Waals surface area contributed by atoms with E-state index >= 15 is 0 Å². The van der Waals surface area contributed by atoms with Crippen LogP contribution in [0.3, 0.4) is 0 Å². The zero-order valence-corrected chi connectivity index (χ0v) is 14.4. The van der Waals surface area contributed by atoms with E-state index in [0.717, 1.165) is 47.2 Å². The maximum atomic E-state index is 12.5. The molecule has 2 amide bonds. The lowest BCUT2D eigenvalue weighted by molar-refractivity contribution is 0.230. The minimum absolute atomic E-state index is 0.0183.